The fourth-order valence-electron chi connectivity index (χ4n) is 1.74. The second-order valence-corrected chi connectivity index (χ2v) is 5.34. The number of aryl methyl sites for hydroxylation is 1. The molecule has 0 spiro atoms. The second-order valence-electron chi connectivity index (χ2n) is 4.14. The highest BCUT2D eigenvalue weighted by molar-refractivity contribution is 7.80. The summed E-state index contributed by atoms with van der Waals surface area (Å²) < 4.78 is 0. The van der Waals surface area contributed by atoms with Gasteiger partial charge in [0.1, 0.15) is 0 Å². The van der Waals surface area contributed by atoms with E-state index < -0.39 is 0 Å². The lowest BCUT2D eigenvalue weighted by atomic mass is 10.1. The number of hydrazone groups is 1. The summed E-state index contributed by atoms with van der Waals surface area (Å²) in [6.45, 7) is 3.56. The standard InChI is InChI=1S/C13H18Cl2N4S/c1-10-8-12(19(6-4-14)7-5-15)3-2-11(10)9-17-18-13(16)20/h2-3,8-9H,4-7H2,1H3,(H3,16,18,20). The van der Waals surface area contributed by atoms with Crippen molar-refractivity contribution in [3.05, 3.63) is 29.3 Å². The van der Waals surface area contributed by atoms with Crippen molar-refractivity contribution in [2.75, 3.05) is 29.7 Å². The Bertz CT molecular complexity index is 473. The number of benzene rings is 1. The van der Waals surface area contributed by atoms with Crippen molar-refractivity contribution in [2.45, 2.75) is 6.92 Å². The number of nitrogens with zero attached hydrogens (tertiary/aromatic N) is 2. The van der Waals surface area contributed by atoms with E-state index in [1.807, 2.05) is 19.1 Å². The number of hydrogen-bond donors (Lipinski definition) is 2. The normalized spacial score (nSPS) is 10.8. The van der Waals surface area contributed by atoms with Crippen LogP contribution in [0, 0.1) is 6.92 Å². The Morgan fingerprint density at radius 2 is 2.05 bits per heavy atom. The van der Waals surface area contributed by atoms with Crippen molar-refractivity contribution in [1.82, 2.24) is 5.43 Å². The Morgan fingerprint density at radius 1 is 1.40 bits per heavy atom. The quantitative estimate of drug-likeness (QED) is 0.348. The molecular formula is C13H18Cl2N4S. The molecule has 0 heterocycles. The number of nitrogens with two attached hydrogens (primary N) is 1. The summed E-state index contributed by atoms with van der Waals surface area (Å²) in [6.07, 6.45) is 1.69. The van der Waals surface area contributed by atoms with Crippen LogP contribution < -0.4 is 16.1 Å². The maximum atomic E-state index is 5.81. The van der Waals surface area contributed by atoms with Gasteiger partial charge in [-0.1, -0.05) is 6.07 Å². The molecule has 1 aromatic rings. The van der Waals surface area contributed by atoms with Crippen molar-refractivity contribution in [3.63, 3.8) is 0 Å². The number of anilines is 1. The van der Waals surface area contributed by atoms with Gasteiger partial charge in [-0.2, -0.15) is 5.10 Å². The number of alkyl halides is 2. The number of thiocarbonyl (C=S) groups is 1. The molecular weight excluding hydrogens is 315 g/mol. The SMILES string of the molecule is Cc1cc(N(CCCl)CCCl)ccc1C=NNC(N)=S. The van der Waals surface area contributed by atoms with Crippen LogP contribution in [0.25, 0.3) is 0 Å². The fraction of sp³-hybridized carbons (Fsp3) is 0.385. The molecule has 1 aromatic carbocycles. The van der Waals surface area contributed by atoms with Crippen LogP contribution in [-0.4, -0.2) is 36.2 Å². The molecule has 0 amide bonds. The smallest absolute Gasteiger partial charge is 0.184 e. The van der Waals surface area contributed by atoms with E-state index in [9.17, 15) is 0 Å². The number of nitrogens with one attached hydrogen (secondary N) is 1. The summed E-state index contributed by atoms with van der Waals surface area (Å²) in [5.41, 5.74) is 11.0. The first-order valence-corrected chi connectivity index (χ1v) is 7.62. The van der Waals surface area contributed by atoms with Gasteiger partial charge in [0.15, 0.2) is 5.11 Å². The molecule has 4 nitrogen and oxygen atoms in total. The summed E-state index contributed by atoms with van der Waals surface area (Å²) in [5, 5.41) is 4.10. The van der Waals surface area contributed by atoms with Gasteiger partial charge in [0.25, 0.3) is 0 Å². The average molecular weight is 333 g/mol. The van der Waals surface area contributed by atoms with Crippen LogP contribution in [0.1, 0.15) is 11.1 Å². The molecule has 0 saturated carbocycles. The Morgan fingerprint density at radius 3 is 2.55 bits per heavy atom. The number of rotatable bonds is 7. The molecule has 0 aliphatic heterocycles. The van der Waals surface area contributed by atoms with Gasteiger partial charge in [0, 0.05) is 30.5 Å². The van der Waals surface area contributed by atoms with Crippen LogP contribution in [0.3, 0.4) is 0 Å². The van der Waals surface area contributed by atoms with Crippen LogP contribution in [0.5, 0.6) is 0 Å². The second kappa shape index (κ2) is 9.00. The highest BCUT2D eigenvalue weighted by atomic mass is 35.5. The third-order valence-corrected chi connectivity index (χ3v) is 3.14. The van der Waals surface area contributed by atoms with Crippen molar-refractivity contribution in [1.29, 1.82) is 0 Å². The van der Waals surface area contributed by atoms with Gasteiger partial charge in [-0.05, 0) is 42.4 Å². The minimum atomic E-state index is 0.144. The molecule has 0 radical (unpaired) electrons. The molecule has 1 rings (SSSR count). The Balaban J connectivity index is 2.85. The summed E-state index contributed by atoms with van der Waals surface area (Å²) >= 11 is 16.3. The van der Waals surface area contributed by atoms with E-state index in [0.29, 0.717) is 11.8 Å². The van der Waals surface area contributed by atoms with Crippen LogP contribution in [0.4, 0.5) is 5.69 Å². The summed E-state index contributed by atoms with van der Waals surface area (Å²) in [6, 6.07) is 6.10. The van der Waals surface area contributed by atoms with Gasteiger partial charge in [-0.15, -0.1) is 23.2 Å². The van der Waals surface area contributed by atoms with Gasteiger partial charge in [-0.3, -0.25) is 5.43 Å². The van der Waals surface area contributed by atoms with E-state index in [4.69, 9.17) is 28.9 Å². The molecule has 0 saturated heterocycles. The van der Waals surface area contributed by atoms with Crippen molar-refractivity contribution in [2.24, 2.45) is 10.8 Å². The van der Waals surface area contributed by atoms with Crippen molar-refractivity contribution < 1.29 is 0 Å². The van der Waals surface area contributed by atoms with E-state index >= 15 is 0 Å². The molecule has 0 aliphatic carbocycles. The molecule has 0 unspecified atom stereocenters. The van der Waals surface area contributed by atoms with E-state index in [0.717, 1.165) is 29.9 Å². The summed E-state index contributed by atoms with van der Waals surface area (Å²) in [5.74, 6) is 1.13. The maximum Gasteiger partial charge on any atom is 0.184 e. The molecule has 3 N–H and O–H groups in total. The van der Waals surface area contributed by atoms with E-state index in [1.165, 1.54) is 0 Å². The Kier molecular flexibility index (Phi) is 7.65. The molecule has 0 atom stereocenters. The average Bonchev–Trinajstić information content (AvgIpc) is 2.40. The zero-order chi connectivity index (χ0) is 15.0. The number of hydrogen-bond acceptors (Lipinski definition) is 3. The first-order chi connectivity index (χ1) is 9.58. The minimum Gasteiger partial charge on any atom is -0.375 e. The monoisotopic (exact) mass is 332 g/mol. The van der Waals surface area contributed by atoms with Crippen LogP contribution in [0.15, 0.2) is 23.3 Å². The van der Waals surface area contributed by atoms with Crippen molar-refractivity contribution in [3.8, 4) is 0 Å². The third kappa shape index (κ3) is 5.53. The van der Waals surface area contributed by atoms with Crippen LogP contribution >= 0.6 is 35.4 Å². The summed E-state index contributed by atoms with van der Waals surface area (Å²) in [7, 11) is 0. The third-order valence-electron chi connectivity index (χ3n) is 2.71. The lowest BCUT2D eigenvalue weighted by Gasteiger charge is -2.23. The maximum absolute atomic E-state index is 5.81. The van der Waals surface area contributed by atoms with Crippen LogP contribution in [-0.2, 0) is 0 Å². The molecule has 0 fully saturated rings. The van der Waals surface area contributed by atoms with Gasteiger partial charge in [-0.25, -0.2) is 0 Å². The predicted octanol–water partition coefficient (Wildman–Crippen LogP) is 2.45. The van der Waals surface area contributed by atoms with Gasteiger partial charge < -0.3 is 10.6 Å². The fourth-order valence-corrected chi connectivity index (χ4v) is 2.20. The first kappa shape index (κ1) is 17.0. The predicted molar refractivity (Wildman–Crippen MR) is 92.3 cm³/mol. The van der Waals surface area contributed by atoms with Gasteiger partial charge in [0.05, 0.1) is 6.21 Å². The van der Waals surface area contributed by atoms with Gasteiger partial charge in [0.2, 0.25) is 0 Å². The largest absolute Gasteiger partial charge is 0.375 e. The van der Waals surface area contributed by atoms with Gasteiger partial charge >= 0.3 is 0 Å². The number of halogens is 2. The molecule has 110 valence electrons. The van der Waals surface area contributed by atoms with E-state index in [1.54, 1.807) is 6.21 Å². The van der Waals surface area contributed by atoms with Crippen molar-refractivity contribution >= 4 is 52.4 Å². The molecule has 7 heteroatoms. The highest BCUT2D eigenvalue weighted by Crippen LogP contribution is 2.18. The van der Waals surface area contributed by atoms with E-state index in [2.05, 4.69) is 33.7 Å². The summed E-state index contributed by atoms with van der Waals surface area (Å²) in [4.78, 5) is 2.15. The first-order valence-electron chi connectivity index (χ1n) is 6.14. The Hall–Kier alpha value is -1.04. The topological polar surface area (TPSA) is 53.6 Å². The highest BCUT2D eigenvalue weighted by Gasteiger charge is 2.06. The zero-order valence-electron chi connectivity index (χ0n) is 11.3. The minimum absolute atomic E-state index is 0.144. The lowest BCUT2D eigenvalue weighted by molar-refractivity contribution is 0.873. The molecule has 20 heavy (non-hydrogen) atoms. The van der Waals surface area contributed by atoms with Crippen LogP contribution in [0.2, 0.25) is 0 Å². The molecule has 0 aromatic heterocycles. The molecule has 0 bridgehead atoms. The Labute approximate surface area is 134 Å². The van der Waals surface area contributed by atoms with E-state index in [-0.39, 0.29) is 5.11 Å². The zero-order valence-corrected chi connectivity index (χ0v) is 13.6. The molecule has 0 aliphatic rings. The lowest BCUT2D eigenvalue weighted by Crippen LogP contribution is -2.27.